The van der Waals surface area contributed by atoms with Crippen molar-refractivity contribution in [3.63, 3.8) is 0 Å². The Kier molecular flexibility index (Phi) is 10.2. The Balaban J connectivity index is 0.000000649. The van der Waals surface area contributed by atoms with Gasteiger partial charge in [-0.15, -0.1) is 0 Å². The zero-order chi connectivity index (χ0) is 29.7. The van der Waals surface area contributed by atoms with Crippen LogP contribution in [-0.2, 0) is 18.0 Å². The molecule has 1 saturated heterocycles. The van der Waals surface area contributed by atoms with E-state index in [1.807, 2.05) is 0 Å². The van der Waals surface area contributed by atoms with E-state index in [9.17, 15) is 40.2 Å². The van der Waals surface area contributed by atoms with Crippen LogP contribution in [0.2, 0.25) is 0 Å². The Hall–Kier alpha value is -2.76. The molecule has 1 heterocycles. The maximum absolute atomic E-state index is 13.6. The van der Waals surface area contributed by atoms with Crippen LogP contribution in [0.25, 0.3) is 0 Å². The number of hydrogen-bond donors (Lipinski definition) is 2. The molecule has 4 rings (SSSR count). The lowest BCUT2D eigenvalue weighted by atomic mass is 10.2. The maximum atomic E-state index is 13.6. The average Bonchev–Trinajstić information content (AvgIpc) is 3.33. The molecular formula is C26H25F8N2O2PS. The maximum Gasteiger partial charge on any atom is 0.420 e. The van der Waals surface area contributed by atoms with Gasteiger partial charge in [0.1, 0.15) is 17.2 Å². The molecule has 14 heteroatoms. The van der Waals surface area contributed by atoms with E-state index in [1.165, 1.54) is 47.3 Å². The van der Waals surface area contributed by atoms with Crippen LogP contribution in [0.15, 0.2) is 65.6 Å². The van der Waals surface area contributed by atoms with Crippen molar-refractivity contribution in [2.45, 2.75) is 35.8 Å². The predicted molar refractivity (Wildman–Crippen MR) is 141 cm³/mol. The van der Waals surface area contributed by atoms with Gasteiger partial charge in [0.05, 0.1) is 16.7 Å². The molecule has 1 fully saturated rings. The lowest BCUT2D eigenvalue weighted by Gasteiger charge is -2.16. The molecule has 4 nitrogen and oxygen atoms in total. The van der Waals surface area contributed by atoms with Crippen molar-refractivity contribution in [1.82, 2.24) is 4.90 Å². The van der Waals surface area contributed by atoms with Gasteiger partial charge >= 0.3 is 12.4 Å². The third-order valence-electron chi connectivity index (χ3n) is 5.64. The van der Waals surface area contributed by atoms with Crippen molar-refractivity contribution in [2.24, 2.45) is 0 Å². The van der Waals surface area contributed by atoms with Gasteiger partial charge in [0, 0.05) is 16.6 Å². The number of ether oxygens (including phenoxy) is 1. The molecule has 0 radical (unpaired) electrons. The SMILES string of the molecule is CN1CCCC1.Oc1cc(NSc2ccc(Oc3ccc(C(F)(F)F)cc3)c(C(F)(F)F)c2)ccc1C(F)(F)P. The number of nitrogens with zero attached hydrogens (tertiary/aromatic N) is 1. The molecule has 1 atom stereocenters. The van der Waals surface area contributed by atoms with Crippen molar-refractivity contribution in [2.75, 3.05) is 24.9 Å². The number of alkyl halides is 8. The van der Waals surface area contributed by atoms with Gasteiger partial charge in [-0.3, -0.25) is 0 Å². The number of phenolic OH excluding ortho intramolecular Hbond substituents is 1. The molecule has 1 aliphatic rings. The minimum atomic E-state index is -4.85. The molecule has 1 unspecified atom stereocenters. The Morgan fingerprint density at radius 1 is 0.825 bits per heavy atom. The van der Waals surface area contributed by atoms with Gasteiger partial charge in [0.25, 0.3) is 5.66 Å². The molecule has 40 heavy (non-hydrogen) atoms. The number of rotatable bonds is 6. The topological polar surface area (TPSA) is 44.7 Å². The van der Waals surface area contributed by atoms with Crippen LogP contribution in [-0.4, -0.2) is 30.1 Å². The number of phenols is 1. The number of hydrogen-bond acceptors (Lipinski definition) is 5. The van der Waals surface area contributed by atoms with Gasteiger partial charge in [-0.2, -0.15) is 35.1 Å². The molecule has 1 aliphatic heterocycles. The van der Waals surface area contributed by atoms with Crippen molar-refractivity contribution in [1.29, 1.82) is 0 Å². The summed E-state index contributed by atoms with van der Waals surface area (Å²) in [7, 11) is 3.45. The minimum absolute atomic E-state index is 0.0621. The van der Waals surface area contributed by atoms with E-state index in [0.717, 1.165) is 36.4 Å². The van der Waals surface area contributed by atoms with E-state index >= 15 is 0 Å². The summed E-state index contributed by atoms with van der Waals surface area (Å²) in [6.07, 6.45) is -6.62. The normalized spacial score (nSPS) is 14.4. The van der Waals surface area contributed by atoms with E-state index in [0.29, 0.717) is 24.1 Å². The zero-order valence-electron chi connectivity index (χ0n) is 20.9. The molecule has 0 spiro atoms. The molecule has 218 valence electrons. The molecule has 0 amide bonds. The summed E-state index contributed by atoms with van der Waals surface area (Å²) in [6, 6.07) is 9.37. The Labute approximate surface area is 232 Å². The highest BCUT2D eigenvalue weighted by molar-refractivity contribution is 8.00. The second-order valence-corrected chi connectivity index (χ2v) is 10.5. The van der Waals surface area contributed by atoms with Gasteiger partial charge in [0.15, 0.2) is 0 Å². The van der Waals surface area contributed by atoms with Crippen molar-refractivity contribution < 1.29 is 45.0 Å². The standard InChI is InChI=1S/C21H14F8NO2PS.C5H11N/c22-19(23,24)11-1-4-13(5-2-11)32-18-8-6-14(10-16(18)20(25,26)27)34-30-12-3-7-15(17(31)9-12)21(28,29)33;1-6-4-2-3-5-6/h1-10,30-31H,33H2;2-5H2,1H3. The van der Waals surface area contributed by atoms with Crippen LogP contribution >= 0.6 is 21.2 Å². The second-order valence-electron chi connectivity index (χ2n) is 8.85. The van der Waals surface area contributed by atoms with E-state index in [2.05, 4.69) is 16.7 Å². The predicted octanol–water partition coefficient (Wildman–Crippen LogP) is 8.98. The van der Waals surface area contributed by atoms with Crippen LogP contribution < -0.4 is 9.46 Å². The number of likely N-dealkylation sites (tertiary alicyclic amines) is 1. The van der Waals surface area contributed by atoms with Crippen molar-refractivity contribution >= 4 is 26.9 Å². The van der Waals surface area contributed by atoms with Crippen LogP contribution in [0, 0.1) is 0 Å². The summed E-state index contributed by atoms with van der Waals surface area (Å²) in [6.45, 7) is 2.64. The number of aromatic hydroxyl groups is 1. The van der Waals surface area contributed by atoms with E-state index in [4.69, 9.17) is 4.74 Å². The lowest BCUT2D eigenvalue weighted by molar-refractivity contribution is -0.139. The Morgan fingerprint density at radius 3 is 1.93 bits per heavy atom. The smallest absolute Gasteiger partial charge is 0.420 e. The fraction of sp³-hybridized carbons (Fsp3) is 0.308. The quantitative estimate of drug-likeness (QED) is 0.165. The molecule has 0 bridgehead atoms. The summed E-state index contributed by atoms with van der Waals surface area (Å²) in [5, 5.41) is 9.74. The molecule has 2 N–H and O–H groups in total. The van der Waals surface area contributed by atoms with Crippen LogP contribution in [0.1, 0.15) is 29.5 Å². The minimum Gasteiger partial charge on any atom is -0.507 e. The fourth-order valence-corrected chi connectivity index (χ4v) is 4.51. The zero-order valence-corrected chi connectivity index (χ0v) is 22.9. The average molecular weight is 613 g/mol. The van der Waals surface area contributed by atoms with Gasteiger partial charge in [-0.05, 0) is 99.5 Å². The molecule has 0 aliphatic carbocycles. The largest absolute Gasteiger partial charge is 0.507 e. The van der Waals surface area contributed by atoms with Crippen LogP contribution in [0.4, 0.5) is 40.8 Å². The monoisotopic (exact) mass is 612 g/mol. The number of benzene rings is 3. The Bertz CT molecular complexity index is 1280. The first-order chi connectivity index (χ1) is 18.5. The third-order valence-corrected chi connectivity index (χ3v) is 6.78. The summed E-state index contributed by atoms with van der Waals surface area (Å²) in [5.74, 6) is -1.55. The highest BCUT2D eigenvalue weighted by atomic mass is 32.2. The summed E-state index contributed by atoms with van der Waals surface area (Å²) in [4.78, 5) is 2.42. The van der Waals surface area contributed by atoms with Crippen LogP contribution in [0.3, 0.4) is 0 Å². The van der Waals surface area contributed by atoms with Gasteiger partial charge < -0.3 is 19.5 Å². The third kappa shape index (κ3) is 9.14. The second kappa shape index (κ2) is 12.8. The first kappa shape index (κ1) is 31.8. The lowest BCUT2D eigenvalue weighted by Crippen LogP contribution is -2.10. The highest BCUT2D eigenvalue weighted by Crippen LogP contribution is 2.43. The molecule has 0 aromatic heterocycles. The van der Waals surface area contributed by atoms with Crippen molar-refractivity contribution in [3.05, 3.63) is 77.4 Å². The highest BCUT2D eigenvalue weighted by Gasteiger charge is 2.35. The molecular weight excluding hydrogens is 587 g/mol. The molecule has 0 saturated carbocycles. The van der Waals surface area contributed by atoms with Gasteiger partial charge in [0.2, 0.25) is 0 Å². The number of anilines is 1. The van der Waals surface area contributed by atoms with E-state index in [1.54, 1.807) is 0 Å². The van der Waals surface area contributed by atoms with Crippen LogP contribution in [0.5, 0.6) is 17.2 Å². The first-order valence-corrected chi connectivity index (χ1v) is 13.1. The molecule has 3 aromatic carbocycles. The molecule has 3 aromatic rings. The summed E-state index contributed by atoms with van der Waals surface area (Å²) in [5.41, 5.74) is -6.01. The Morgan fingerprint density at radius 2 is 1.45 bits per heavy atom. The first-order valence-electron chi connectivity index (χ1n) is 11.7. The van der Waals surface area contributed by atoms with Gasteiger partial charge in [-0.25, -0.2) is 0 Å². The summed E-state index contributed by atoms with van der Waals surface area (Å²) >= 11 is 0.711. The summed E-state index contributed by atoms with van der Waals surface area (Å²) < 4.78 is 113. The fourth-order valence-electron chi connectivity index (χ4n) is 3.59. The van der Waals surface area contributed by atoms with Gasteiger partial charge in [-0.1, -0.05) is 9.24 Å². The van der Waals surface area contributed by atoms with Crippen molar-refractivity contribution in [3.8, 4) is 17.2 Å². The van der Waals surface area contributed by atoms with E-state index < -0.39 is 46.2 Å². The van der Waals surface area contributed by atoms with E-state index in [-0.39, 0.29) is 16.3 Å². The number of halogens is 8. The number of nitrogens with one attached hydrogen (secondary N) is 1.